The van der Waals surface area contributed by atoms with Crippen molar-refractivity contribution in [1.82, 2.24) is 25.1 Å². The van der Waals surface area contributed by atoms with Gasteiger partial charge in [0, 0.05) is 37.5 Å². The van der Waals surface area contributed by atoms with Gasteiger partial charge in [-0.1, -0.05) is 6.92 Å². The maximum atomic E-state index is 4.52. The number of aromatic nitrogens is 4. The normalized spacial score (nSPS) is 12.6. The van der Waals surface area contributed by atoms with Crippen LogP contribution in [-0.4, -0.2) is 26.8 Å². The molecule has 0 radical (unpaired) electrons. The topological polar surface area (TPSA) is 55.6 Å². The van der Waals surface area contributed by atoms with Crippen molar-refractivity contribution in [3.63, 3.8) is 0 Å². The molecule has 1 atom stereocenters. The van der Waals surface area contributed by atoms with Gasteiger partial charge in [-0.3, -0.25) is 4.68 Å². The third kappa shape index (κ3) is 3.01. The number of nitrogens with one attached hydrogen (secondary N) is 1. The number of hydrogen-bond donors (Lipinski definition) is 1. The van der Waals surface area contributed by atoms with E-state index in [2.05, 4.69) is 43.2 Å². The molecule has 0 amide bonds. The second-order valence-corrected chi connectivity index (χ2v) is 5.19. The molecule has 6 heteroatoms. The Morgan fingerprint density at radius 3 is 2.58 bits per heavy atom. The van der Waals surface area contributed by atoms with Crippen molar-refractivity contribution in [3.05, 3.63) is 40.1 Å². The molecule has 0 bridgehead atoms. The van der Waals surface area contributed by atoms with Gasteiger partial charge in [-0.25, -0.2) is 9.97 Å². The van der Waals surface area contributed by atoms with E-state index in [9.17, 15) is 0 Å². The Labute approximate surface area is 121 Å². The van der Waals surface area contributed by atoms with Gasteiger partial charge >= 0.3 is 0 Å². The summed E-state index contributed by atoms with van der Waals surface area (Å²) in [7, 11) is 3.93. The second-order valence-electron chi connectivity index (χ2n) is 4.40. The predicted molar refractivity (Wildman–Crippen MR) is 77.8 cm³/mol. The summed E-state index contributed by atoms with van der Waals surface area (Å²) >= 11 is 3.65. The second kappa shape index (κ2) is 6.25. The first-order chi connectivity index (χ1) is 9.17. The van der Waals surface area contributed by atoms with Crippen LogP contribution in [-0.2, 0) is 19.9 Å². The molecule has 0 aromatic carbocycles. The molecule has 19 heavy (non-hydrogen) atoms. The van der Waals surface area contributed by atoms with Crippen molar-refractivity contribution in [2.75, 3.05) is 7.05 Å². The molecule has 0 fully saturated rings. The van der Waals surface area contributed by atoms with Crippen molar-refractivity contribution in [2.45, 2.75) is 25.8 Å². The van der Waals surface area contributed by atoms with Crippen LogP contribution in [0.3, 0.4) is 0 Å². The third-order valence-electron chi connectivity index (χ3n) is 3.23. The van der Waals surface area contributed by atoms with Crippen LogP contribution >= 0.6 is 15.9 Å². The van der Waals surface area contributed by atoms with Crippen LogP contribution in [0.15, 0.2) is 23.2 Å². The number of rotatable bonds is 5. The van der Waals surface area contributed by atoms with Crippen LogP contribution < -0.4 is 5.32 Å². The highest BCUT2D eigenvalue weighted by atomic mass is 79.9. The smallest absolute Gasteiger partial charge is 0.115 e. The number of aryl methyl sites for hydroxylation is 2. The SMILES string of the molecule is CCc1nn(C)c(CC(NC)c2cncnc2)c1Br. The fourth-order valence-corrected chi connectivity index (χ4v) is 2.89. The van der Waals surface area contributed by atoms with E-state index in [1.807, 2.05) is 31.2 Å². The highest BCUT2D eigenvalue weighted by Gasteiger charge is 2.18. The summed E-state index contributed by atoms with van der Waals surface area (Å²) in [6, 6.07) is 0.178. The van der Waals surface area contributed by atoms with Gasteiger partial charge in [0.2, 0.25) is 0 Å². The first kappa shape index (κ1) is 14.1. The molecule has 0 saturated heterocycles. The van der Waals surface area contributed by atoms with Gasteiger partial charge in [-0.2, -0.15) is 5.10 Å². The lowest BCUT2D eigenvalue weighted by Crippen LogP contribution is -2.20. The highest BCUT2D eigenvalue weighted by molar-refractivity contribution is 9.10. The minimum Gasteiger partial charge on any atom is -0.313 e. The number of nitrogens with zero attached hydrogens (tertiary/aromatic N) is 4. The van der Waals surface area contributed by atoms with E-state index >= 15 is 0 Å². The molecule has 0 saturated carbocycles. The lowest BCUT2D eigenvalue weighted by Gasteiger charge is -2.16. The fourth-order valence-electron chi connectivity index (χ4n) is 2.11. The minimum absolute atomic E-state index is 0.178. The molecule has 2 heterocycles. The number of hydrogen-bond acceptors (Lipinski definition) is 4. The van der Waals surface area contributed by atoms with Crippen molar-refractivity contribution < 1.29 is 0 Å². The van der Waals surface area contributed by atoms with Gasteiger partial charge in [0.15, 0.2) is 0 Å². The van der Waals surface area contributed by atoms with Gasteiger partial charge < -0.3 is 5.32 Å². The molecule has 0 aliphatic heterocycles. The van der Waals surface area contributed by atoms with Crippen LogP contribution in [0.2, 0.25) is 0 Å². The lowest BCUT2D eigenvalue weighted by molar-refractivity contribution is 0.556. The molecular weight excluding hydrogens is 306 g/mol. The van der Waals surface area contributed by atoms with Crippen molar-refractivity contribution in [3.8, 4) is 0 Å². The Balaban J connectivity index is 2.26. The van der Waals surface area contributed by atoms with Gasteiger partial charge in [0.05, 0.1) is 15.9 Å². The zero-order valence-electron chi connectivity index (χ0n) is 11.4. The van der Waals surface area contributed by atoms with E-state index in [-0.39, 0.29) is 6.04 Å². The lowest BCUT2D eigenvalue weighted by atomic mass is 10.1. The number of halogens is 1. The van der Waals surface area contributed by atoms with Gasteiger partial charge in [0.25, 0.3) is 0 Å². The molecule has 0 spiro atoms. The maximum absolute atomic E-state index is 4.52. The summed E-state index contributed by atoms with van der Waals surface area (Å²) in [5.74, 6) is 0. The molecule has 5 nitrogen and oxygen atoms in total. The average molecular weight is 324 g/mol. The summed E-state index contributed by atoms with van der Waals surface area (Å²) < 4.78 is 3.05. The maximum Gasteiger partial charge on any atom is 0.115 e. The largest absolute Gasteiger partial charge is 0.313 e. The quantitative estimate of drug-likeness (QED) is 0.914. The van der Waals surface area contributed by atoms with Crippen molar-refractivity contribution >= 4 is 15.9 Å². The molecule has 2 rings (SSSR count). The molecule has 0 aliphatic carbocycles. The summed E-state index contributed by atoms with van der Waals surface area (Å²) in [5, 5.41) is 7.83. The Hall–Kier alpha value is -1.27. The summed E-state index contributed by atoms with van der Waals surface area (Å²) in [4.78, 5) is 8.15. The molecule has 2 aromatic rings. The van der Waals surface area contributed by atoms with E-state index in [0.717, 1.165) is 28.6 Å². The molecule has 102 valence electrons. The molecule has 1 unspecified atom stereocenters. The average Bonchev–Trinajstić information content (AvgIpc) is 2.72. The first-order valence-electron chi connectivity index (χ1n) is 6.29. The summed E-state index contributed by atoms with van der Waals surface area (Å²) in [6.07, 6.45) is 7.00. The van der Waals surface area contributed by atoms with E-state index in [0.29, 0.717) is 0 Å². The minimum atomic E-state index is 0.178. The summed E-state index contributed by atoms with van der Waals surface area (Å²) in [6.45, 7) is 2.11. The number of likely N-dealkylation sites (N-methyl/N-ethyl adjacent to an activating group) is 1. The molecule has 2 aromatic heterocycles. The Kier molecular flexibility index (Phi) is 4.66. The van der Waals surface area contributed by atoms with E-state index < -0.39 is 0 Å². The van der Waals surface area contributed by atoms with Crippen LogP contribution in [0.1, 0.15) is 29.9 Å². The predicted octanol–water partition coefficient (Wildman–Crippen LogP) is 2.04. The van der Waals surface area contributed by atoms with Crippen LogP contribution in [0, 0.1) is 0 Å². The molecular formula is C13H18BrN5. The van der Waals surface area contributed by atoms with Gasteiger partial charge in [0.1, 0.15) is 6.33 Å². The Bertz CT molecular complexity index is 537. The Morgan fingerprint density at radius 2 is 2.05 bits per heavy atom. The van der Waals surface area contributed by atoms with Crippen LogP contribution in [0.5, 0.6) is 0 Å². The van der Waals surface area contributed by atoms with Gasteiger partial charge in [-0.15, -0.1) is 0 Å². The third-order valence-corrected chi connectivity index (χ3v) is 4.15. The van der Waals surface area contributed by atoms with Crippen LogP contribution in [0.25, 0.3) is 0 Å². The van der Waals surface area contributed by atoms with E-state index in [1.54, 1.807) is 6.33 Å². The van der Waals surface area contributed by atoms with Crippen molar-refractivity contribution in [2.24, 2.45) is 7.05 Å². The monoisotopic (exact) mass is 323 g/mol. The van der Waals surface area contributed by atoms with E-state index in [4.69, 9.17) is 0 Å². The zero-order valence-corrected chi connectivity index (χ0v) is 13.0. The van der Waals surface area contributed by atoms with Crippen LogP contribution in [0.4, 0.5) is 0 Å². The van der Waals surface area contributed by atoms with E-state index in [1.165, 1.54) is 5.69 Å². The summed E-state index contributed by atoms with van der Waals surface area (Å²) in [5.41, 5.74) is 3.35. The highest BCUT2D eigenvalue weighted by Crippen LogP contribution is 2.26. The zero-order chi connectivity index (χ0) is 13.8. The fraction of sp³-hybridized carbons (Fsp3) is 0.462. The van der Waals surface area contributed by atoms with Gasteiger partial charge in [-0.05, 0) is 29.4 Å². The first-order valence-corrected chi connectivity index (χ1v) is 7.09. The Morgan fingerprint density at radius 1 is 1.37 bits per heavy atom. The molecule has 1 N–H and O–H groups in total. The standard InChI is InChI=1S/C13H18BrN5/c1-4-10-13(14)12(19(3)18-10)5-11(15-2)9-6-16-8-17-7-9/h6-8,11,15H,4-5H2,1-3H3. The molecule has 0 aliphatic rings. The van der Waals surface area contributed by atoms with Crippen molar-refractivity contribution in [1.29, 1.82) is 0 Å².